The molecular formula is C16H17FN6O3. The largest absolute Gasteiger partial charge is 0.462 e. The van der Waals surface area contributed by atoms with Gasteiger partial charge in [0.05, 0.1) is 12.3 Å². The molecular weight excluding hydrogens is 343 g/mol. The molecule has 0 saturated carbocycles. The van der Waals surface area contributed by atoms with E-state index in [0.717, 1.165) is 22.1 Å². The van der Waals surface area contributed by atoms with E-state index >= 15 is 0 Å². The molecule has 3 aromatic rings. The maximum atomic E-state index is 13.2. The fraction of sp³-hybridized carbons (Fsp3) is 0.312. The number of nitrogens with one attached hydrogen (secondary N) is 1. The van der Waals surface area contributed by atoms with Crippen molar-refractivity contribution in [2.75, 3.05) is 20.2 Å². The first-order chi connectivity index (χ1) is 12.5. The lowest BCUT2D eigenvalue weighted by atomic mass is 10.3. The van der Waals surface area contributed by atoms with Crippen LogP contribution in [0.4, 0.5) is 4.39 Å². The van der Waals surface area contributed by atoms with Crippen LogP contribution in [0, 0.1) is 5.82 Å². The first-order valence-corrected chi connectivity index (χ1v) is 7.92. The Hall–Kier alpha value is -3.14. The highest BCUT2D eigenvalue weighted by Gasteiger charge is 2.17. The van der Waals surface area contributed by atoms with E-state index in [2.05, 4.69) is 20.5 Å². The molecule has 9 nitrogen and oxygen atoms in total. The van der Waals surface area contributed by atoms with Crippen LogP contribution in [0.25, 0.3) is 16.9 Å². The molecule has 0 atom stereocenters. The Bertz CT molecular complexity index is 1040. The van der Waals surface area contributed by atoms with E-state index in [1.54, 1.807) is 0 Å². The molecule has 0 amide bonds. The molecule has 1 aromatic carbocycles. The van der Waals surface area contributed by atoms with E-state index in [-0.39, 0.29) is 17.2 Å². The summed E-state index contributed by atoms with van der Waals surface area (Å²) in [5, 5.41) is 10.8. The highest BCUT2D eigenvalue weighted by molar-refractivity contribution is 5.70. The molecule has 26 heavy (non-hydrogen) atoms. The Morgan fingerprint density at radius 3 is 2.62 bits per heavy atom. The topological polar surface area (TPSA) is 104 Å². The Kier molecular flexibility index (Phi) is 5.03. The number of nitrogens with zero attached hydrogens (tertiary/aromatic N) is 5. The quantitative estimate of drug-likeness (QED) is 0.617. The lowest BCUT2D eigenvalue weighted by Gasteiger charge is -2.11. The van der Waals surface area contributed by atoms with Crippen LogP contribution in [0.15, 0.2) is 33.9 Å². The third-order valence-corrected chi connectivity index (χ3v) is 3.73. The minimum Gasteiger partial charge on any atom is -0.462 e. The number of halogens is 1. The summed E-state index contributed by atoms with van der Waals surface area (Å²) >= 11 is 0. The van der Waals surface area contributed by atoms with Crippen molar-refractivity contribution in [3.8, 4) is 11.7 Å². The summed E-state index contributed by atoms with van der Waals surface area (Å²) in [5.74, 6) is -0.447. The van der Waals surface area contributed by atoms with Crippen LogP contribution in [-0.4, -0.2) is 44.5 Å². The first kappa shape index (κ1) is 17.7. The molecule has 0 spiro atoms. The van der Waals surface area contributed by atoms with E-state index < -0.39 is 17.1 Å². The highest BCUT2D eigenvalue weighted by Crippen LogP contribution is 2.12. The lowest BCUT2D eigenvalue weighted by molar-refractivity contribution is 0.283. The molecule has 2 heterocycles. The Labute approximate surface area is 147 Å². The molecule has 0 fully saturated rings. The summed E-state index contributed by atoms with van der Waals surface area (Å²) in [6.45, 7) is 1.11. The highest BCUT2D eigenvalue weighted by atomic mass is 19.1. The zero-order chi connectivity index (χ0) is 18.7. The molecule has 1 N–H and O–H groups in total. The normalized spacial score (nSPS) is 11.0. The van der Waals surface area contributed by atoms with Crippen LogP contribution in [0.2, 0.25) is 0 Å². The van der Waals surface area contributed by atoms with Gasteiger partial charge in [0.2, 0.25) is 0 Å². The number of fused-ring (bicyclic) bond motifs is 1. The van der Waals surface area contributed by atoms with Crippen molar-refractivity contribution in [1.82, 2.24) is 29.6 Å². The van der Waals surface area contributed by atoms with Gasteiger partial charge in [-0.2, -0.15) is 4.98 Å². The van der Waals surface area contributed by atoms with Gasteiger partial charge in [-0.3, -0.25) is 9.36 Å². The van der Waals surface area contributed by atoms with E-state index in [1.165, 1.54) is 31.3 Å². The smallest absolute Gasteiger partial charge is 0.337 e. The van der Waals surface area contributed by atoms with Gasteiger partial charge < -0.3 is 10.1 Å². The van der Waals surface area contributed by atoms with Crippen LogP contribution in [0.1, 0.15) is 6.42 Å². The molecule has 0 aliphatic carbocycles. The third kappa shape index (κ3) is 3.31. The predicted octanol–water partition coefficient (Wildman–Crippen LogP) is 0.00180. The van der Waals surface area contributed by atoms with Crippen LogP contribution < -0.4 is 21.3 Å². The van der Waals surface area contributed by atoms with Crippen molar-refractivity contribution in [2.24, 2.45) is 7.05 Å². The average molecular weight is 360 g/mol. The van der Waals surface area contributed by atoms with Gasteiger partial charge in [0, 0.05) is 7.05 Å². The molecule has 0 bridgehead atoms. The summed E-state index contributed by atoms with van der Waals surface area (Å²) in [7, 11) is 3.16. The molecule has 3 rings (SSSR count). The predicted molar refractivity (Wildman–Crippen MR) is 92.2 cm³/mol. The van der Waals surface area contributed by atoms with Crippen LogP contribution >= 0.6 is 0 Å². The maximum absolute atomic E-state index is 13.2. The van der Waals surface area contributed by atoms with E-state index in [1.807, 2.05) is 7.05 Å². The zero-order valence-electron chi connectivity index (χ0n) is 14.3. The summed E-state index contributed by atoms with van der Waals surface area (Å²) in [6, 6.07) is 5.18. The van der Waals surface area contributed by atoms with Crippen molar-refractivity contribution in [1.29, 1.82) is 0 Å². The number of hydrogen-bond acceptors (Lipinski definition) is 7. The van der Waals surface area contributed by atoms with Crippen LogP contribution in [-0.2, 0) is 7.05 Å². The van der Waals surface area contributed by atoms with Gasteiger partial charge in [-0.15, -0.1) is 5.10 Å². The molecule has 0 aliphatic rings. The summed E-state index contributed by atoms with van der Waals surface area (Å²) in [6.07, 6.45) is 0.727. The average Bonchev–Trinajstić information content (AvgIpc) is 2.65. The van der Waals surface area contributed by atoms with Gasteiger partial charge in [0.25, 0.3) is 5.56 Å². The number of aromatic nitrogens is 5. The Morgan fingerprint density at radius 2 is 1.92 bits per heavy atom. The molecule has 0 radical (unpaired) electrons. The van der Waals surface area contributed by atoms with Gasteiger partial charge in [-0.1, -0.05) is 5.10 Å². The van der Waals surface area contributed by atoms with Gasteiger partial charge in [-0.05, 0) is 44.3 Å². The second-order valence-electron chi connectivity index (χ2n) is 5.53. The van der Waals surface area contributed by atoms with E-state index in [4.69, 9.17) is 4.74 Å². The second-order valence-corrected chi connectivity index (χ2v) is 5.53. The Morgan fingerprint density at radius 1 is 1.19 bits per heavy atom. The molecule has 0 saturated heterocycles. The van der Waals surface area contributed by atoms with E-state index in [0.29, 0.717) is 12.3 Å². The number of rotatable bonds is 6. The first-order valence-electron chi connectivity index (χ1n) is 7.92. The van der Waals surface area contributed by atoms with Crippen molar-refractivity contribution < 1.29 is 9.13 Å². The fourth-order valence-corrected chi connectivity index (χ4v) is 2.38. The second kappa shape index (κ2) is 7.40. The lowest BCUT2D eigenvalue weighted by Crippen LogP contribution is -2.38. The monoisotopic (exact) mass is 360 g/mol. The summed E-state index contributed by atoms with van der Waals surface area (Å²) in [5.41, 5.74) is -0.982. The molecule has 0 aliphatic heterocycles. The van der Waals surface area contributed by atoms with Gasteiger partial charge in [0.15, 0.2) is 11.2 Å². The van der Waals surface area contributed by atoms with Crippen LogP contribution in [0.3, 0.4) is 0 Å². The number of benzene rings is 1. The molecule has 136 valence electrons. The minimum atomic E-state index is -0.632. The maximum Gasteiger partial charge on any atom is 0.337 e. The summed E-state index contributed by atoms with van der Waals surface area (Å²) in [4.78, 5) is 29.0. The van der Waals surface area contributed by atoms with Crippen LogP contribution in [0.5, 0.6) is 6.01 Å². The van der Waals surface area contributed by atoms with Crippen molar-refractivity contribution in [3.63, 3.8) is 0 Å². The van der Waals surface area contributed by atoms with Crippen molar-refractivity contribution in [2.45, 2.75) is 6.42 Å². The van der Waals surface area contributed by atoms with Gasteiger partial charge in [0.1, 0.15) is 5.82 Å². The number of hydrogen-bond donors (Lipinski definition) is 1. The standard InChI is InChI=1S/C16H17FN6O3/c1-18-8-3-9-26-15-19-12-13(20-21-15)23(16(25)22(2)14(12)24)11-6-4-10(17)5-7-11/h4-7,18H,3,8-9H2,1-2H3. The van der Waals surface area contributed by atoms with Crippen molar-refractivity contribution in [3.05, 3.63) is 50.9 Å². The fourth-order valence-electron chi connectivity index (χ4n) is 2.38. The Balaban J connectivity index is 2.12. The van der Waals surface area contributed by atoms with Gasteiger partial charge in [-0.25, -0.2) is 13.8 Å². The minimum absolute atomic E-state index is 0.0210. The number of ether oxygens (including phenoxy) is 1. The molecule has 10 heteroatoms. The van der Waals surface area contributed by atoms with E-state index in [9.17, 15) is 14.0 Å². The zero-order valence-corrected chi connectivity index (χ0v) is 14.3. The molecule has 2 aromatic heterocycles. The third-order valence-electron chi connectivity index (χ3n) is 3.73. The SMILES string of the molecule is CNCCCOc1nnc2c(n1)c(=O)n(C)c(=O)n2-c1ccc(F)cc1. The van der Waals surface area contributed by atoms with Crippen molar-refractivity contribution >= 4 is 11.2 Å². The molecule has 0 unspecified atom stereocenters. The van der Waals surface area contributed by atoms with Gasteiger partial charge >= 0.3 is 11.7 Å². The summed E-state index contributed by atoms with van der Waals surface area (Å²) < 4.78 is 20.6.